The SMILES string of the molecule is C/C(=N/NC(=O)CCc1ccc(O)c(O)c1)c1ccc(NC(=O)C(F)(F)C(F)(F)C(F)(F)F)cc1. The van der Waals surface area contributed by atoms with Crippen molar-refractivity contribution < 1.29 is 50.5 Å². The first-order chi connectivity index (χ1) is 16.1. The van der Waals surface area contributed by atoms with Gasteiger partial charge in [0.1, 0.15) is 0 Å². The molecule has 0 bridgehead atoms. The number of halogens is 7. The van der Waals surface area contributed by atoms with Gasteiger partial charge in [0, 0.05) is 12.1 Å². The van der Waals surface area contributed by atoms with Crippen LogP contribution in [0.4, 0.5) is 36.4 Å². The maximum Gasteiger partial charge on any atom is 0.460 e. The van der Waals surface area contributed by atoms with Crippen LogP contribution in [0.25, 0.3) is 0 Å². The minimum atomic E-state index is -6.64. The van der Waals surface area contributed by atoms with E-state index in [0.29, 0.717) is 11.1 Å². The number of benzene rings is 2. The number of aryl methyl sites for hydroxylation is 1. The Hall–Kier alpha value is -3.84. The van der Waals surface area contributed by atoms with E-state index in [1.807, 2.05) is 0 Å². The Labute approximate surface area is 193 Å². The van der Waals surface area contributed by atoms with Crippen molar-refractivity contribution in [2.24, 2.45) is 5.10 Å². The lowest BCUT2D eigenvalue weighted by molar-refractivity contribution is -0.343. The number of nitrogens with one attached hydrogen (secondary N) is 2. The first-order valence-electron chi connectivity index (χ1n) is 9.64. The van der Waals surface area contributed by atoms with Gasteiger partial charge >= 0.3 is 23.9 Å². The van der Waals surface area contributed by atoms with Crippen molar-refractivity contribution in [3.05, 3.63) is 53.6 Å². The van der Waals surface area contributed by atoms with Crippen LogP contribution in [0.3, 0.4) is 0 Å². The van der Waals surface area contributed by atoms with Crippen LogP contribution < -0.4 is 10.7 Å². The maximum atomic E-state index is 13.4. The number of aromatic hydroxyl groups is 2. The topological polar surface area (TPSA) is 111 Å². The minimum absolute atomic E-state index is 0.0251. The molecule has 0 spiro atoms. The molecule has 0 radical (unpaired) electrons. The lowest BCUT2D eigenvalue weighted by Gasteiger charge is -2.27. The summed E-state index contributed by atoms with van der Waals surface area (Å²) in [6.07, 6.45) is -6.44. The van der Waals surface area contributed by atoms with Crippen LogP contribution in [-0.2, 0) is 16.0 Å². The number of hydrazone groups is 1. The Morgan fingerprint density at radius 1 is 0.914 bits per heavy atom. The van der Waals surface area contributed by atoms with Crippen molar-refractivity contribution in [3.8, 4) is 11.5 Å². The molecule has 2 amide bonds. The largest absolute Gasteiger partial charge is 0.504 e. The van der Waals surface area contributed by atoms with Gasteiger partial charge in [-0.25, -0.2) is 5.43 Å². The molecule has 0 aliphatic heterocycles. The number of nitrogens with zero attached hydrogens (tertiary/aromatic N) is 1. The van der Waals surface area contributed by atoms with E-state index in [1.54, 1.807) is 0 Å². The summed E-state index contributed by atoms with van der Waals surface area (Å²) in [6.45, 7) is 1.45. The number of alkyl halides is 7. The van der Waals surface area contributed by atoms with Crippen LogP contribution in [0.2, 0.25) is 0 Å². The van der Waals surface area contributed by atoms with Crippen molar-refractivity contribution in [1.82, 2.24) is 5.43 Å². The predicted molar refractivity (Wildman–Crippen MR) is 109 cm³/mol. The lowest BCUT2D eigenvalue weighted by atomic mass is 10.1. The standard InChI is InChI=1S/C21H18F7N3O4/c1-11(30-31-17(34)9-3-12-2-8-15(32)16(33)10-12)13-4-6-14(7-5-13)29-18(35)19(22,23)20(24,25)21(26,27)28/h2,4-8,10,32-33H,3,9H2,1H3,(H,29,35)(H,31,34)/b30-11-. The molecular formula is C21H18F7N3O4. The van der Waals surface area contributed by atoms with E-state index >= 15 is 0 Å². The Morgan fingerprint density at radius 3 is 2.06 bits per heavy atom. The number of carbonyl (C=O) groups excluding carboxylic acids is 2. The maximum absolute atomic E-state index is 13.4. The van der Waals surface area contributed by atoms with Crippen LogP contribution in [0, 0.1) is 0 Å². The Kier molecular flexibility index (Phi) is 7.98. The number of amides is 2. The Balaban J connectivity index is 1.97. The van der Waals surface area contributed by atoms with Crippen LogP contribution in [0.1, 0.15) is 24.5 Å². The third-order valence-corrected chi connectivity index (χ3v) is 4.62. The molecule has 2 aromatic carbocycles. The number of rotatable bonds is 8. The second-order valence-electron chi connectivity index (χ2n) is 7.23. The number of carbonyl (C=O) groups is 2. The highest BCUT2D eigenvalue weighted by molar-refractivity contribution is 6.00. The third kappa shape index (κ3) is 6.39. The first kappa shape index (κ1) is 27.4. The fourth-order valence-corrected chi connectivity index (χ4v) is 2.57. The van der Waals surface area contributed by atoms with Crippen molar-refractivity contribution in [3.63, 3.8) is 0 Å². The highest BCUT2D eigenvalue weighted by Crippen LogP contribution is 2.46. The molecule has 0 aliphatic rings. The smallest absolute Gasteiger partial charge is 0.460 e. The molecule has 0 saturated carbocycles. The van der Waals surface area contributed by atoms with Gasteiger partial charge in [-0.3, -0.25) is 9.59 Å². The van der Waals surface area contributed by atoms with Crippen molar-refractivity contribution >= 4 is 23.2 Å². The molecule has 4 N–H and O–H groups in total. The second-order valence-corrected chi connectivity index (χ2v) is 7.23. The molecule has 0 aromatic heterocycles. The Bertz CT molecular complexity index is 1120. The summed E-state index contributed by atoms with van der Waals surface area (Å²) in [5.41, 5.74) is 2.87. The summed E-state index contributed by atoms with van der Waals surface area (Å²) >= 11 is 0. The number of hydrogen-bond donors (Lipinski definition) is 4. The molecule has 0 atom stereocenters. The molecule has 0 fully saturated rings. The molecule has 35 heavy (non-hydrogen) atoms. The molecule has 14 heteroatoms. The van der Waals surface area contributed by atoms with Crippen molar-refractivity contribution in [1.29, 1.82) is 0 Å². The lowest BCUT2D eigenvalue weighted by Crippen LogP contribution is -2.57. The average molecular weight is 509 g/mol. The molecule has 0 aliphatic carbocycles. The number of phenolic OH excluding ortho intramolecular Hbond substituents is 2. The summed E-state index contributed by atoms with van der Waals surface area (Å²) in [5, 5.41) is 23.8. The van der Waals surface area contributed by atoms with Gasteiger partial charge in [0.05, 0.1) is 5.71 Å². The molecule has 2 rings (SSSR count). The van der Waals surface area contributed by atoms with Crippen LogP contribution in [0.5, 0.6) is 11.5 Å². The highest BCUT2D eigenvalue weighted by atomic mass is 19.4. The quantitative estimate of drug-likeness (QED) is 0.184. The third-order valence-electron chi connectivity index (χ3n) is 4.62. The fourth-order valence-electron chi connectivity index (χ4n) is 2.57. The molecule has 0 heterocycles. The number of anilines is 1. The van der Waals surface area contributed by atoms with Crippen molar-refractivity contribution in [2.45, 2.75) is 37.8 Å². The van der Waals surface area contributed by atoms with Crippen LogP contribution in [0.15, 0.2) is 47.6 Å². The Morgan fingerprint density at radius 2 is 1.51 bits per heavy atom. The molecule has 0 unspecified atom stereocenters. The summed E-state index contributed by atoms with van der Waals surface area (Å²) in [6, 6.07) is 8.38. The summed E-state index contributed by atoms with van der Waals surface area (Å²) in [5.74, 6) is -16.6. The van der Waals surface area contributed by atoms with Crippen LogP contribution in [-0.4, -0.2) is 45.8 Å². The van der Waals surface area contributed by atoms with E-state index in [1.165, 1.54) is 42.6 Å². The molecule has 190 valence electrons. The van der Waals surface area contributed by atoms with Gasteiger partial charge in [-0.05, 0) is 48.7 Å². The zero-order chi connectivity index (χ0) is 26.6. The summed E-state index contributed by atoms with van der Waals surface area (Å²) in [4.78, 5) is 23.3. The van der Waals surface area contributed by atoms with Gasteiger partial charge in [0.15, 0.2) is 11.5 Å². The van der Waals surface area contributed by atoms with Gasteiger partial charge in [0.2, 0.25) is 5.91 Å². The normalized spacial score (nSPS) is 12.9. The predicted octanol–water partition coefficient (Wildman–Crippen LogP) is 4.34. The number of phenols is 2. The van der Waals surface area contributed by atoms with Crippen LogP contribution >= 0.6 is 0 Å². The summed E-state index contributed by atoms with van der Waals surface area (Å²) < 4.78 is 89.3. The zero-order valence-corrected chi connectivity index (χ0v) is 17.8. The second kappa shape index (κ2) is 10.2. The molecular weight excluding hydrogens is 491 g/mol. The number of hydrogen-bond acceptors (Lipinski definition) is 5. The van der Waals surface area contributed by atoms with E-state index < -0.39 is 35.5 Å². The zero-order valence-electron chi connectivity index (χ0n) is 17.8. The minimum Gasteiger partial charge on any atom is -0.504 e. The highest BCUT2D eigenvalue weighted by Gasteiger charge is 2.76. The molecule has 2 aromatic rings. The fraction of sp³-hybridized carbons (Fsp3) is 0.286. The van der Waals surface area contributed by atoms with Crippen molar-refractivity contribution in [2.75, 3.05) is 5.32 Å². The first-order valence-corrected chi connectivity index (χ1v) is 9.64. The van der Waals surface area contributed by atoms with E-state index in [4.69, 9.17) is 0 Å². The van der Waals surface area contributed by atoms with Gasteiger partial charge in [-0.2, -0.15) is 35.8 Å². The van der Waals surface area contributed by atoms with Gasteiger partial charge in [-0.1, -0.05) is 18.2 Å². The van der Waals surface area contributed by atoms with Gasteiger partial charge in [-0.15, -0.1) is 0 Å². The monoisotopic (exact) mass is 509 g/mol. The summed E-state index contributed by atoms with van der Waals surface area (Å²) in [7, 11) is 0. The van der Waals surface area contributed by atoms with Gasteiger partial charge in [0.25, 0.3) is 0 Å². The van der Waals surface area contributed by atoms with E-state index in [9.17, 15) is 50.5 Å². The molecule has 7 nitrogen and oxygen atoms in total. The average Bonchev–Trinajstić information content (AvgIpc) is 2.77. The molecule has 0 saturated heterocycles. The van der Waals surface area contributed by atoms with E-state index in [0.717, 1.165) is 12.1 Å². The van der Waals surface area contributed by atoms with Gasteiger partial charge < -0.3 is 15.5 Å². The van der Waals surface area contributed by atoms with E-state index in [-0.39, 0.29) is 30.1 Å². The van der Waals surface area contributed by atoms with E-state index in [2.05, 4.69) is 10.5 Å².